The van der Waals surface area contributed by atoms with Crippen LogP contribution in [0.1, 0.15) is 62.5 Å². The molecule has 0 amide bonds. The van der Waals surface area contributed by atoms with Crippen molar-refractivity contribution in [2.24, 2.45) is 11.7 Å². The van der Waals surface area contributed by atoms with Crippen LogP contribution in [0.4, 0.5) is 0 Å². The first-order valence-electron chi connectivity index (χ1n) is 13.6. The lowest BCUT2D eigenvalue weighted by Crippen LogP contribution is -2.43. The molecule has 1 aliphatic rings. The lowest BCUT2D eigenvalue weighted by molar-refractivity contribution is 0.0933. The van der Waals surface area contributed by atoms with E-state index in [1.165, 1.54) is 75.3 Å². The molecule has 188 valence electrons. The molecule has 2 aromatic rings. The topological polar surface area (TPSA) is 61.5 Å². The normalized spacial score (nSPS) is 16.2. The Morgan fingerprint density at radius 3 is 1.85 bits per heavy atom. The van der Waals surface area contributed by atoms with Gasteiger partial charge in [0.05, 0.1) is 6.10 Å². The first kappa shape index (κ1) is 26.9. The first-order valence-corrected chi connectivity index (χ1v) is 13.6. The summed E-state index contributed by atoms with van der Waals surface area (Å²) in [5.74, 6) is 0.752. The van der Waals surface area contributed by atoms with Crippen LogP contribution in [-0.2, 0) is 12.8 Å². The number of nitrogens with one attached hydrogen (secondary N) is 1. The molecular formula is C30H47N3O. The second-order valence-electron chi connectivity index (χ2n) is 10.2. The van der Waals surface area contributed by atoms with Gasteiger partial charge in [-0.15, -0.1) is 0 Å². The van der Waals surface area contributed by atoms with Crippen LogP contribution in [0.15, 0.2) is 60.7 Å². The number of aliphatic hydroxyl groups excluding tert-OH is 1. The van der Waals surface area contributed by atoms with Gasteiger partial charge in [0.1, 0.15) is 0 Å². The molecule has 34 heavy (non-hydrogen) atoms. The molecule has 0 bridgehead atoms. The number of benzene rings is 2. The summed E-state index contributed by atoms with van der Waals surface area (Å²) >= 11 is 0. The molecule has 1 aliphatic heterocycles. The summed E-state index contributed by atoms with van der Waals surface area (Å²) in [6, 6.07) is 22.4. The van der Waals surface area contributed by atoms with E-state index in [4.69, 9.17) is 5.73 Å². The van der Waals surface area contributed by atoms with E-state index >= 15 is 0 Å². The zero-order valence-electron chi connectivity index (χ0n) is 21.1. The number of hydrogen-bond donors (Lipinski definition) is 3. The van der Waals surface area contributed by atoms with Crippen molar-refractivity contribution in [2.45, 2.75) is 76.4 Å². The van der Waals surface area contributed by atoms with Crippen LogP contribution >= 0.6 is 0 Å². The Balaban J connectivity index is 1.37. The van der Waals surface area contributed by atoms with Gasteiger partial charge in [-0.3, -0.25) is 0 Å². The lowest BCUT2D eigenvalue weighted by Gasteiger charge is -2.34. The van der Waals surface area contributed by atoms with Crippen molar-refractivity contribution in [1.82, 2.24) is 10.2 Å². The predicted molar refractivity (Wildman–Crippen MR) is 144 cm³/mol. The van der Waals surface area contributed by atoms with Crippen molar-refractivity contribution < 1.29 is 5.11 Å². The Morgan fingerprint density at radius 2 is 1.35 bits per heavy atom. The van der Waals surface area contributed by atoms with E-state index in [0.717, 1.165) is 32.1 Å². The zero-order valence-corrected chi connectivity index (χ0v) is 21.1. The number of nitrogens with two attached hydrogens (primary N) is 1. The van der Waals surface area contributed by atoms with Crippen molar-refractivity contribution in [2.75, 3.05) is 32.7 Å². The van der Waals surface area contributed by atoms with E-state index in [1.54, 1.807) is 0 Å². The largest absolute Gasteiger partial charge is 0.390 e. The van der Waals surface area contributed by atoms with Gasteiger partial charge in [-0.05, 0) is 88.0 Å². The van der Waals surface area contributed by atoms with Crippen LogP contribution in [0.25, 0.3) is 0 Å². The third-order valence-corrected chi connectivity index (χ3v) is 7.37. The lowest BCUT2D eigenvalue weighted by atomic mass is 9.94. The quantitative estimate of drug-likeness (QED) is 0.312. The molecule has 1 saturated heterocycles. The number of hydrogen-bond acceptors (Lipinski definition) is 4. The predicted octanol–water partition coefficient (Wildman–Crippen LogP) is 4.80. The Morgan fingerprint density at radius 1 is 0.824 bits per heavy atom. The van der Waals surface area contributed by atoms with Gasteiger partial charge in [0.25, 0.3) is 0 Å². The molecule has 0 spiro atoms. The second kappa shape index (κ2) is 16.0. The van der Waals surface area contributed by atoms with E-state index in [0.29, 0.717) is 12.6 Å². The highest BCUT2D eigenvalue weighted by atomic mass is 16.3. The summed E-state index contributed by atoms with van der Waals surface area (Å²) in [6.07, 6.45) is 12.1. The van der Waals surface area contributed by atoms with Gasteiger partial charge in [-0.2, -0.15) is 0 Å². The number of aliphatic hydroxyl groups is 1. The van der Waals surface area contributed by atoms with Crippen molar-refractivity contribution in [1.29, 1.82) is 0 Å². The van der Waals surface area contributed by atoms with Crippen LogP contribution in [0, 0.1) is 5.92 Å². The Hall–Kier alpha value is -1.72. The molecule has 0 aromatic heterocycles. The number of piperidine rings is 1. The fourth-order valence-corrected chi connectivity index (χ4v) is 5.16. The summed E-state index contributed by atoms with van der Waals surface area (Å²) in [4.78, 5) is 2.37. The molecule has 4 N–H and O–H groups in total. The van der Waals surface area contributed by atoms with Gasteiger partial charge in [0, 0.05) is 19.1 Å². The van der Waals surface area contributed by atoms with E-state index in [2.05, 4.69) is 70.9 Å². The highest BCUT2D eigenvalue weighted by molar-refractivity contribution is 5.15. The molecule has 0 saturated carbocycles. The van der Waals surface area contributed by atoms with Gasteiger partial charge < -0.3 is 21.1 Å². The maximum Gasteiger partial charge on any atom is 0.0789 e. The maximum atomic E-state index is 9.82. The fraction of sp³-hybridized carbons (Fsp3) is 0.600. The highest BCUT2D eigenvalue weighted by Gasteiger charge is 2.21. The fourth-order valence-electron chi connectivity index (χ4n) is 5.16. The maximum absolute atomic E-state index is 9.82. The molecule has 1 fully saturated rings. The highest BCUT2D eigenvalue weighted by Crippen LogP contribution is 2.19. The van der Waals surface area contributed by atoms with E-state index < -0.39 is 0 Å². The van der Waals surface area contributed by atoms with Crippen LogP contribution in [0.3, 0.4) is 0 Å². The smallest absolute Gasteiger partial charge is 0.0789 e. The van der Waals surface area contributed by atoms with Crippen molar-refractivity contribution in [3.05, 3.63) is 71.8 Å². The summed E-state index contributed by atoms with van der Waals surface area (Å²) in [6.45, 7) is 4.39. The number of likely N-dealkylation sites (tertiary alicyclic amines) is 1. The SMILES string of the molecule is NCC(O)CN1CCC(CNC(CCCCc2ccccc2)CCCCc2ccccc2)CC1. The Kier molecular flexibility index (Phi) is 12.7. The minimum atomic E-state index is -0.383. The Bertz CT molecular complexity index is 699. The summed E-state index contributed by atoms with van der Waals surface area (Å²) < 4.78 is 0. The molecule has 0 radical (unpaired) electrons. The second-order valence-corrected chi connectivity index (χ2v) is 10.2. The van der Waals surface area contributed by atoms with Gasteiger partial charge in [-0.25, -0.2) is 0 Å². The third kappa shape index (κ3) is 10.7. The molecule has 1 unspecified atom stereocenters. The number of nitrogens with zero attached hydrogens (tertiary/aromatic N) is 1. The van der Waals surface area contributed by atoms with E-state index in [-0.39, 0.29) is 6.10 Å². The summed E-state index contributed by atoms with van der Waals surface area (Å²) in [5.41, 5.74) is 8.50. The molecule has 1 heterocycles. The van der Waals surface area contributed by atoms with E-state index in [9.17, 15) is 5.11 Å². The van der Waals surface area contributed by atoms with Gasteiger partial charge >= 0.3 is 0 Å². The molecule has 2 aromatic carbocycles. The van der Waals surface area contributed by atoms with Crippen LogP contribution in [0.5, 0.6) is 0 Å². The number of aryl methyl sites for hydroxylation is 2. The number of β-amino-alcohol motifs (C(OH)–C–C–N with tert-alkyl or cyclic N) is 1. The first-order chi connectivity index (χ1) is 16.7. The van der Waals surface area contributed by atoms with Gasteiger partial charge in [0.15, 0.2) is 0 Å². The van der Waals surface area contributed by atoms with Gasteiger partial charge in [0.2, 0.25) is 0 Å². The monoisotopic (exact) mass is 465 g/mol. The van der Waals surface area contributed by atoms with Crippen molar-refractivity contribution in [3.63, 3.8) is 0 Å². The summed E-state index contributed by atoms with van der Waals surface area (Å²) in [5, 5.41) is 13.8. The zero-order chi connectivity index (χ0) is 23.8. The molecular weight excluding hydrogens is 418 g/mol. The molecule has 1 atom stereocenters. The minimum absolute atomic E-state index is 0.359. The third-order valence-electron chi connectivity index (χ3n) is 7.37. The van der Waals surface area contributed by atoms with Crippen molar-refractivity contribution >= 4 is 0 Å². The average Bonchev–Trinajstić information content (AvgIpc) is 2.89. The van der Waals surface area contributed by atoms with Crippen LogP contribution in [0.2, 0.25) is 0 Å². The number of unbranched alkanes of at least 4 members (excludes halogenated alkanes) is 2. The van der Waals surface area contributed by atoms with E-state index in [1.807, 2.05) is 0 Å². The molecule has 3 rings (SSSR count). The van der Waals surface area contributed by atoms with Gasteiger partial charge in [-0.1, -0.05) is 73.5 Å². The average molecular weight is 466 g/mol. The summed E-state index contributed by atoms with van der Waals surface area (Å²) in [7, 11) is 0. The number of rotatable bonds is 16. The standard InChI is InChI=1S/C30H47N3O/c31-23-30(34)25-33-21-19-28(20-22-33)24-32-29(17-9-7-15-26-11-3-1-4-12-26)18-10-8-16-27-13-5-2-6-14-27/h1-6,11-14,28-30,32,34H,7-10,15-25,31H2. The Labute approximate surface area is 207 Å². The molecule has 0 aliphatic carbocycles. The van der Waals surface area contributed by atoms with Crippen LogP contribution < -0.4 is 11.1 Å². The molecule has 4 heteroatoms. The molecule has 4 nitrogen and oxygen atoms in total. The minimum Gasteiger partial charge on any atom is -0.390 e. The van der Waals surface area contributed by atoms with Crippen molar-refractivity contribution in [3.8, 4) is 0 Å². The van der Waals surface area contributed by atoms with Crippen LogP contribution in [-0.4, -0.2) is 54.9 Å².